The molecular formula is C10H15N3. The predicted molar refractivity (Wildman–Crippen MR) is 51.5 cm³/mol. The van der Waals surface area contributed by atoms with Crippen LogP contribution < -0.4 is 5.32 Å². The van der Waals surface area contributed by atoms with Crippen molar-refractivity contribution in [1.29, 1.82) is 0 Å². The molecule has 13 heavy (non-hydrogen) atoms. The Morgan fingerprint density at radius 3 is 3.08 bits per heavy atom. The van der Waals surface area contributed by atoms with Crippen LogP contribution in [0.3, 0.4) is 0 Å². The maximum absolute atomic E-state index is 4.30. The van der Waals surface area contributed by atoms with Crippen molar-refractivity contribution in [1.82, 2.24) is 9.78 Å². The summed E-state index contributed by atoms with van der Waals surface area (Å²) in [6, 6.07) is 2.05. The summed E-state index contributed by atoms with van der Waals surface area (Å²) in [6.07, 6.45) is 6.19. The molecule has 1 N–H and O–H groups in total. The molecule has 1 aliphatic heterocycles. The highest BCUT2D eigenvalue weighted by molar-refractivity contribution is 5.35. The average Bonchev–Trinajstić information content (AvgIpc) is 2.47. The predicted octanol–water partition coefficient (Wildman–Crippen LogP) is 1.72. The third-order valence-electron chi connectivity index (χ3n) is 3.49. The summed E-state index contributed by atoms with van der Waals surface area (Å²) in [7, 11) is 0. The fourth-order valence-electron chi connectivity index (χ4n) is 2.38. The minimum absolute atomic E-state index is 0.821. The van der Waals surface area contributed by atoms with Crippen molar-refractivity contribution < 1.29 is 0 Å². The SMILES string of the molecule is c1cc2n(n1)CC(C1CCC1)CN2. The van der Waals surface area contributed by atoms with E-state index in [-0.39, 0.29) is 0 Å². The van der Waals surface area contributed by atoms with E-state index in [1.807, 2.05) is 6.20 Å². The van der Waals surface area contributed by atoms with Crippen LogP contribution in [0.25, 0.3) is 0 Å². The first kappa shape index (κ1) is 7.42. The van der Waals surface area contributed by atoms with Gasteiger partial charge in [0.1, 0.15) is 5.82 Å². The lowest BCUT2D eigenvalue weighted by Gasteiger charge is -2.36. The Bertz CT molecular complexity index is 301. The standard InChI is InChI=1S/C10H15N3/c1-2-8(3-1)9-6-11-10-4-5-12-13(10)7-9/h4-5,8-9,11H,1-3,6-7H2. The largest absolute Gasteiger partial charge is 0.370 e. The number of nitrogens with zero attached hydrogens (tertiary/aromatic N) is 2. The van der Waals surface area contributed by atoms with Gasteiger partial charge in [0.25, 0.3) is 0 Å². The van der Waals surface area contributed by atoms with Crippen molar-refractivity contribution in [3.05, 3.63) is 12.3 Å². The lowest BCUT2D eigenvalue weighted by atomic mass is 9.75. The molecule has 0 aromatic carbocycles. The molecule has 2 aliphatic rings. The minimum atomic E-state index is 0.821. The van der Waals surface area contributed by atoms with Gasteiger partial charge >= 0.3 is 0 Å². The topological polar surface area (TPSA) is 29.9 Å². The molecule has 1 aromatic heterocycles. The first-order valence-electron chi connectivity index (χ1n) is 5.19. The van der Waals surface area contributed by atoms with Gasteiger partial charge in [0.2, 0.25) is 0 Å². The maximum Gasteiger partial charge on any atom is 0.124 e. The van der Waals surface area contributed by atoms with E-state index in [9.17, 15) is 0 Å². The summed E-state index contributed by atoms with van der Waals surface area (Å²) in [5.41, 5.74) is 0. The molecule has 0 spiro atoms. The van der Waals surface area contributed by atoms with Crippen molar-refractivity contribution in [2.45, 2.75) is 25.8 Å². The molecule has 1 fully saturated rings. The Kier molecular flexibility index (Phi) is 1.57. The van der Waals surface area contributed by atoms with Crippen LogP contribution in [-0.4, -0.2) is 16.3 Å². The molecular weight excluding hydrogens is 162 g/mol. The van der Waals surface area contributed by atoms with Crippen LogP contribution >= 0.6 is 0 Å². The molecule has 0 amide bonds. The monoisotopic (exact) mass is 177 g/mol. The van der Waals surface area contributed by atoms with Crippen LogP contribution in [0, 0.1) is 11.8 Å². The van der Waals surface area contributed by atoms with Gasteiger partial charge < -0.3 is 5.32 Å². The zero-order valence-electron chi connectivity index (χ0n) is 7.74. The fourth-order valence-corrected chi connectivity index (χ4v) is 2.38. The van der Waals surface area contributed by atoms with Crippen LogP contribution in [0.4, 0.5) is 5.82 Å². The number of hydrogen-bond donors (Lipinski definition) is 1. The summed E-state index contributed by atoms with van der Waals surface area (Å²) in [5, 5.41) is 7.74. The molecule has 3 rings (SSSR count). The van der Waals surface area contributed by atoms with Gasteiger partial charge in [0, 0.05) is 19.2 Å². The quantitative estimate of drug-likeness (QED) is 0.708. The van der Waals surface area contributed by atoms with Gasteiger partial charge in [-0.2, -0.15) is 5.10 Å². The van der Waals surface area contributed by atoms with Crippen molar-refractivity contribution in [2.24, 2.45) is 11.8 Å². The Labute approximate surface area is 78.1 Å². The van der Waals surface area contributed by atoms with Gasteiger partial charge in [-0.25, -0.2) is 4.68 Å². The van der Waals surface area contributed by atoms with E-state index in [2.05, 4.69) is 21.2 Å². The number of nitrogens with one attached hydrogen (secondary N) is 1. The molecule has 1 saturated carbocycles. The molecule has 3 nitrogen and oxygen atoms in total. The first-order chi connectivity index (χ1) is 6.43. The summed E-state index contributed by atoms with van der Waals surface area (Å²) >= 11 is 0. The normalized spacial score (nSPS) is 27.5. The van der Waals surface area contributed by atoms with E-state index < -0.39 is 0 Å². The molecule has 2 heterocycles. The third kappa shape index (κ3) is 1.14. The lowest BCUT2D eigenvalue weighted by molar-refractivity contribution is 0.184. The zero-order valence-corrected chi connectivity index (χ0v) is 7.74. The van der Waals surface area contributed by atoms with Gasteiger partial charge in [-0.15, -0.1) is 0 Å². The minimum Gasteiger partial charge on any atom is -0.370 e. The van der Waals surface area contributed by atoms with Gasteiger partial charge in [-0.1, -0.05) is 19.3 Å². The molecule has 70 valence electrons. The number of fused-ring (bicyclic) bond motifs is 1. The molecule has 0 saturated heterocycles. The number of hydrogen-bond acceptors (Lipinski definition) is 2. The Hall–Kier alpha value is -0.990. The summed E-state index contributed by atoms with van der Waals surface area (Å²) < 4.78 is 2.10. The van der Waals surface area contributed by atoms with E-state index in [1.54, 1.807) is 0 Å². The van der Waals surface area contributed by atoms with Gasteiger partial charge in [0.05, 0.1) is 6.20 Å². The smallest absolute Gasteiger partial charge is 0.124 e. The fraction of sp³-hybridized carbons (Fsp3) is 0.700. The van der Waals surface area contributed by atoms with Gasteiger partial charge in [-0.3, -0.25) is 0 Å². The number of aromatic nitrogens is 2. The lowest BCUT2D eigenvalue weighted by Crippen LogP contribution is -2.35. The van der Waals surface area contributed by atoms with Crippen LogP contribution in [0.2, 0.25) is 0 Å². The van der Waals surface area contributed by atoms with Crippen molar-refractivity contribution in [3.63, 3.8) is 0 Å². The molecule has 1 unspecified atom stereocenters. The Morgan fingerprint density at radius 1 is 1.38 bits per heavy atom. The second kappa shape index (κ2) is 2.76. The van der Waals surface area contributed by atoms with Crippen molar-refractivity contribution >= 4 is 5.82 Å². The maximum atomic E-state index is 4.30. The Morgan fingerprint density at radius 2 is 2.31 bits per heavy atom. The second-order valence-electron chi connectivity index (χ2n) is 4.23. The van der Waals surface area contributed by atoms with Crippen molar-refractivity contribution in [3.8, 4) is 0 Å². The second-order valence-corrected chi connectivity index (χ2v) is 4.23. The number of anilines is 1. The summed E-state index contributed by atoms with van der Waals surface area (Å²) in [6.45, 7) is 2.27. The summed E-state index contributed by atoms with van der Waals surface area (Å²) in [5.74, 6) is 2.97. The molecule has 1 atom stereocenters. The Balaban J connectivity index is 1.76. The average molecular weight is 177 g/mol. The van der Waals surface area contributed by atoms with Gasteiger partial charge in [0.15, 0.2) is 0 Å². The van der Waals surface area contributed by atoms with Gasteiger partial charge in [-0.05, 0) is 11.8 Å². The van der Waals surface area contributed by atoms with E-state index >= 15 is 0 Å². The highest BCUT2D eigenvalue weighted by atomic mass is 15.3. The van der Waals surface area contributed by atoms with Crippen LogP contribution in [-0.2, 0) is 6.54 Å². The van der Waals surface area contributed by atoms with E-state index in [0.29, 0.717) is 0 Å². The molecule has 3 heteroatoms. The highest BCUT2D eigenvalue weighted by Crippen LogP contribution is 2.36. The third-order valence-corrected chi connectivity index (χ3v) is 3.49. The van der Waals surface area contributed by atoms with Crippen LogP contribution in [0.5, 0.6) is 0 Å². The van der Waals surface area contributed by atoms with E-state index in [1.165, 1.54) is 25.1 Å². The molecule has 1 aliphatic carbocycles. The van der Waals surface area contributed by atoms with Crippen molar-refractivity contribution in [2.75, 3.05) is 11.9 Å². The molecule has 0 radical (unpaired) electrons. The van der Waals surface area contributed by atoms with E-state index in [0.717, 1.165) is 24.9 Å². The van der Waals surface area contributed by atoms with Crippen LogP contribution in [0.1, 0.15) is 19.3 Å². The highest BCUT2D eigenvalue weighted by Gasteiger charge is 2.30. The zero-order chi connectivity index (χ0) is 8.67. The summed E-state index contributed by atoms with van der Waals surface area (Å²) in [4.78, 5) is 0. The van der Waals surface area contributed by atoms with E-state index in [4.69, 9.17) is 0 Å². The first-order valence-corrected chi connectivity index (χ1v) is 5.19. The molecule has 0 bridgehead atoms. The van der Waals surface area contributed by atoms with Crippen LogP contribution in [0.15, 0.2) is 12.3 Å². The molecule has 1 aromatic rings. The number of rotatable bonds is 1.